The zero-order valence-electron chi connectivity index (χ0n) is 9.21. The van der Waals surface area contributed by atoms with Crippen molar-refractivity contribution in [1.82, 2.24) is 4.98 Å². The second-order valence-electron chi connectivity index (χ2n) is 4.11. The van der Waals surface area contributed by atoms with Gasteiger partial charge in [0.25, 0.3) is 0 Å². The number of hydrogen-bond donors (Lipinski definition) is 0. The lowest BCUT2D eigenvalue weighted by molar-refractivity contribution is -0.117. The van der Waals surface area contributed by atoms with E-state index in [-0.39, 0.29) is 18.9 Å². The topological polar surface area (TPSA) is 67.3 Å². The monoisotopic (exact) mass is 336 g/mol. The Balaban J connectivity index is 2.12. The van der Waals surface area contributed by atoms with Crippen molar-refractivity contribution < 1.29 is 17.1 Å². The van der Waals surface area contributed by atoms with Crippen LogP contribution in [0.2, 0.25) is 0 Å². The Morgan fingerprint density at radius 1 is 1.50 bits per heavy atom. The van der Waals surface area contributed by atoms with Gasteiger partial charge in [0.15, 0.2) is 0 Å². The first-order valence-electron chi connectivity index (χ1n) is 5.19. The van der Waals surface area contributed by atoms with Crippen molar-refractivity contribution >= 4 is 37.9 Å². The van der Waals surface area contributed by atoms with Crippen LogP contribution in [0.1, 0.15) is 6.42 Å². The molecule has 1 saturated heterocycles. The zero-order valence-corrected chi connectivity index (χ0v) is 11.6. The Morgan fingerprint density at radius 2 is 2.22 bits per heavy atom. The van der Waals surface area contributed by atoms with E-state index in [2.05, 4.69) is 20.9 Å². The van der Waals surface area contributed by atoms with Gasteiger partial charge in [0, 0.05) is 29.6 Å². The number of halogens is 2. The summed E-state index contributed by atoms with van der Waals surface area (Å²) in [5, 5.41) is 0. The van der Waals surface area contributed by atoms with Crippen LogP contribution in [0, 0.1) is 5.92 Å². The lowest BCUT2D eigenvalue weighted by atomic mass is 10.1. The highest BCUT2D eigenvalue weighted by Crippen LogP contribution is 2.25. The molecule has 1 unspecified atom stereocenters. The summed E-state index contributed by atoms with van der Waals surface area (Å²) in [6.45, 7) is 0.177. The van der Waals surface area contributed by atoms with Gasteiger partial charge in [0.05, 0.1) is 5.75 Å². The van der Waals surface area contributed by atoms with Gasteiger partial charge >= 0.3 is 10.2 Å². The first kappa shape index (κ1) is 13.4. The van der Waals surface area contributed by atoms with Crippen molar-refractivity contribution in [2.24, 2.45) is 5.92 Å². The van der Waals surface area contributed by atoms with Crippen LogP contribution in [-0.4, -0.2) is 31.6 Å². The molecular weight excluding hydrogens is 327 g/mol. The Labute approximate surface area is 112 Å². The van der Waals surface area contributed by atoms with Gasteiger partial charge in [-0.3, -0.25) is 9.69 Å². The highest BCUT2D eigenvalue weighted by atomic mass is 79.9. The summed E-state index contributed by atoms with van der Waals surface area (Å²) in [6, 6.07) is 3.38. The highest BCUT2D eigenvalue weighted by molar-refractivity contribution is 9.10. The van der Waals surface area contributed by atoms with Gasteiger partial charge in [-0.2, -0.15) is 8.42 Å². The number of anilines is 1. The quantitative estimate of drug-likeness (QED) is 0.784. The van der Waals surface area contributed by atoms with Crippen LogP contribution in [-0.2, 0) is 15.0 Å². The lowest BCUT2D eigenvalue weighted by Crippen LogP contribution is -2.26. The molecule has 0 bridgehead atoms. The second-order valence-corrected chi connectivity index (χ2v) is 6.44. The van der Waals surface area contributed by atoms with E-state index in [0.717, 1.165) is 4.47 Å². The summed E-state index contributed by atoms with van der Waals surface area (Å²) >= 11 is 3.23. The normalized spacial score (nSPS) is 20.4. The number of pyridine rings is 1. The van der Waals surface area contributed by atoms with E-state index in [1.807, 2.05) is 0 Å². The average molecular weight is 337 g/mol. The number of hydrogen-bond acceptors (Lipinski definition) is 4. The molecule has 2 heterocycles. The molecule has 2 rings (SSSR count). The molecule has 0 saturated carbocycles. The fraction of sp³-hybridized carbons (Fsp3) is 0.400. The van der Waals surface area contributed by atoms with E-state index in [4.69, 9.17) is 0 Å². The Hall–Kier alpha value is -1.02. The molecule has 98 valence electrons. The molecule has 5 nitrogen and oxygen atoms in total. The minimum Gasteiger partial charge on any atom is -0.296 e. The summed E-state index contributed by atoms with van der Waals surface area (Å²) in [5.41, 5.74) is 0. The number of carbonyl (C=O) groups is 1. The van der Waals surface area contributed by atoms with E-state index < -0.39 is 21.9 Å². The van der Waals surface area contributed by atoms with E-state index >= 15 is 0 Å². The van der Waals surface area contributed by atoms with Crippen LogP contribution in [0.25, 0.3) is 0 Å². The minimum absolute atomic E-state index is 0.0287. The van der Waals surface area contributed by atoms with E-state index in [1.165, 1.54) is 4.90 Å². The smallest absolute Gasteiger partial charge is 0.296 e. The standard InChI is InChI=1S/C10H10BrFN2O3S/c11-8-1-2-9(13-4-8)14-5-7(3-10(14)15)6-18(12,16)17/h1-2,4,7H,3,5-6H2. The molecule has 0 radical (unpaired) electrons. The predicted octanol–water partition coefficient (Wildman–Crippen LogP) is 1.50. The van der Waals surface area contributed by atoms with E-state index in [1.54, 1.807) is 18.3 Å². The fourth-order valence-electron chi connectivity index (χ4n) is 1.92. The molecule has 1 fully saturated rings. The maximum absolute atomic E-state index is 12.6. The van der Waals surface area contributed by atoms with Gasteiger partial charge in [0.1, 0.15) is 5.82 Å². The molecule has 0 N–H and O–H groups in total. The Bertz CT molecular complexity index is 561. The van der Waals surface area contributed by atoms with Crippen molar-refractivity contribution in [1.29, 1.82) is 0 Å². The van der Waals surface area contributed by atoms with Crippen LogP contribution >= 0.6 is 15.9 Å². The van der Waals surface area contributed by atoms with Gasteiger partial charge in [-0.15, -0.1) is 3.89 Å². The number of aromatic nitrogens is 1. The zero-order chi connectivity index (χ0) is 13.3. The second kappa shape index (κ2) is 4.93. The minimum atomic E-state index is -4.55. The van der Waals surface area contributed by atoms with Gasteiger partial charge in [-0.1, -0.05) is 0 Å². The van der Waals surface area contributed by atoms with Gasteiger partial charge in [-0.05, 0) is 28.1 Å². The van der Waals surface area contributed by atoms with Crippen molar-refractivity contribution in [3.63, 3.8) is 0 Å². The maximum atomic E-state index is 12.6. The first-order chi connectivity index (χ1) is 8.35. The SMILES string of the molecule is O=C1CC(CS(=O)(=O)F)CN1c1ccc(Br)cn1. The molecule has 0 aromatic carbocycles. The van der Waals surface area contributed by atoms with E-state index in [9.17, 15) is 17.1 Å². The molecule has 1 aliphatic heterocycles. The summed E-state index contributed by atoms with van der Waals surface area (Å²) in [5.74, 6) is -0.926. The molecule has 18 heavy (non-hydrogen) atoms. The molecular formula is C10H10BrFN2O3S. The molecule has 1 aliphatic rings. The fourth-order valence-corrected chi connectivity index (χ4v) is 2.94. The maximum Gasteiger partial charge on any atom is 0.302 e. The number of amides is 1. The predicted molar refractivity (Wildman–Crippen MR) is 67.3 cm³/mol. The van der Waals surface area contributed by atoms with Crippen molar-refractivity contribution in [3.8, 4) is 0 Å². The number of carbonyl (C=O) groups excluding carboxylic acids is 1. The van der Waals surface area contributed by atoms with Gasteiger partial charge in [-0.25, -0.2) is 4.98 Å². The molecule has 1 aromatic heterocycles. The van der Waals surface area contributed by atoms with Crippen molar-refractivity contribution in [2.75, 3.05) is 17.2 Å². The van der Waals surface area contributed by atoms with Crippen LogP contribution in [0.15, 0.2) is 22.8 Å². The number of rotatable bonds is 3. The largest absolute Gasteiger partial charge is 0.302 e. The van der Waals surface area contributed by atoms with Crippen LogP contribution < -0.4 is 4.90 Å². The van der Waals surface area contributed by atoms with Gasteiger partial charge in [0.2, 0.25) is 5.91 Å². The lowest BCUT2D eigenvalue weighted by Gasteiger charge is -2.14. The molecule has 0 spiro atoms. The van der Waals surface area contributed by atoms with Crippen LogP contribution in [0.4, 0.5) is 9.70 Å². The summed E-state index contributed by atoms with van der Waals surface area (Å²) in [7, 11) is -4.55. The third kappa shape index (κ3) is 3.26. The van der Waals surface area contributed by atoms with Crippen LogP contribution in [0.3, 0.4) is 0 Å². The molecule has 8 heteroatoms. The third-order valence-corrected chi connectivity index (χ3v) is 3.97. The summed E-state index contributed by atoms with van der Waals surface area (Å²) in [6.07, 6.45) is 1.57. The highest BCUT2D eigenvalue weighted by Gasteiger charge is 2.34. The first-order valence-corrected chi connectivity index (χ1v) is 7.54. The van der Waals surface area contributed by atoms with E-state index in [0.29, 0.717) is 5.82 Å². The molecule has 0 aliphatic carbocycles. The van der Waals surface area contributed by atoms with Gasteiger partial charge < -0.3 is 0 Å². The molecule has 1 aromatic rings. The number of nitrogens with zero attached hydrogens (tertiary/aromatic N) is 2. The summed E-state index contributed by atoms with van der Waals surface area (Å²) < 4.78 is 34.5. The third-order valence-electron chi connectivity index (χ3n) is 2.63. The average Bonchev–Trinajstić information content (AvgIpc) is 2.58. The van der Waals surface area contributed by atoms with Crippen molar-refractivity contribution in [2.45, 2.75) is 6.42 Å². The summed E-state index contributed by atoms with van der Waals surface area (Å²) in [4.78, 5) is 17.1. The van der Waals surface area contributed by atoms with Crippen LogP contribution in [0.5, 0.6) is 0 Å². The van der Waals surface area contributed by atoms with Crippen molar-refractivity contribution in [3.05, 3.63) is 22.8 Å². The molecule has 1 amide bonds. The Kier molecular flexibility index (Phi) is 3.67. The Morgan fingerprint density at radius 3 is 2.78 bits per heavy atom. The molecule has 1 atom stereocenters.